The summed E-state index contributed by atoms with van der Waals surface area (Å²) in [5.41, 5.74) is 0.137. The summed E-state index contributed by atoms with van der Waals surface area (Å²) < 4.78 is 5.28. The van der Waals surface area contributed by atoms with Gasteiger partial charge in [0, 0.05) is 6.07 Å². The molecule has 1 heterocycles. The number of hydrogen-bond acceptors (Lipinski definition) is 6. The lowest BCUT2D eigenvalue weighted by atomic mass is 10.2. The van der Waals surface area contributed by atoms with Crippen molar-refractivity contribution in [3.8, 4) is 11.6 Å². The Hall–Kier alpha value is -2.74. The zero-order valence-corrected chi connectivity index (χ0v) is 11.4. The van der Waals surface area contributed by atoms with Crippen LogP contribution in [0, 0.1) is 27.2 Å². The lowest BCUT2D eigenvalue weighted by molar-refractivity contribution is -0.386. The van der Waals surface area contributed by atoms with Gasteiger partial charge in [0.15, 0.2) is 0 Å². The zero-order valence-electron chi connectivity index (χ0n) is 10.6. The van der Waals surface area contributed by atoms with E-state index in [9.17, 15) is 20.2 Å². The van der Waals surface area contributed by atoms with E-state index in [2.05, 4.69) is 4.98 Å². The standard InChI is InChI=1S/C12H8ClN3O5/c1-7-2-3-9(16(19)20)10(4-7)21-12-6-8(15(17)18)5-11(13)14-12/h2-6H,1H3. The molecule has 0 aliphatic rings. The number of aryl methyl sites for hydroxylation is 1. The van der Waals surface area contributed by atoms with Crippen LogP contribution in [-0.4, -0.2) is 14.8 Å². The maximum Gasteiger partial charge on any atom is 0.311 e. The molecule has 0 aliphatic heterocycles. The van der Waals surface area contributed by atoms with Crippen LogP contribution < -0.4 is 4.74 Å². The summed E-state index contributed by atoms with van der Waals surface area (Å²) in [6, 6.07) is 6.37. The Labute approximate surface area is 123 Å². The molecule has 0 amide bonds. The minimum Gasteiger partial charge on any atom is -0.431 e. The van der Waals surface area contributed by atoms with Crippen LogP contribution in [0.2, 0.25) is 5.15 Å². The lowest BCUT2D eigenvalue weighted by Crippen LogP contribution is -1.97. The summed E-state index contributed by atoms with van der Waals surface area (Å²) in [6.07, 6.45) is 0. The summed E-state index contributed by atoms with van der Waals surface area (Å²) in [7, 11) is 0. The average molecular weight is 310 g/mol. The third kappa shape index (κ3) is 3.42. The monoisotopic (exact) mass is 309 g/mol. The van der Waals surface area contributed by atoms with Crippen LogP contribution in [0.15, 0.2) is 30.3 Å². The number of nitrogens with zero attached hydrogens (tertiary/aromatic N) is 3. The fraction of sp³-hybridized carbons (Fsp3) is 0.0833. The molecule has 0 atom stereocenters. The van der Waals surface area contributed by atoms with Gasteiger partial charge >= 0.3 is 5.69 Å². The molecule has 0 unspecified atom stereocenters. The molecule has 0 saturated heterocycles. The number of nitro groups is 2. The number of ether oxygens (including phenoxy) is 1. The molecule has 8 nitrogen and oxygen atoms in total. The Kier molecular flexibility index (Phi) is 3.99. The second-order valence-corrected chi connectivity index (χ2v) is 4.46. The van der Waals surface area contributed by atoms with E-state index in [0.717, 1.165) is 17.7 Å². The Morgan fingerprint density at radius 2 is 1.86 bits per heavy atom. The molecule has 1 aromatic carbocycles. The van der Waals surface area contributed by atoms with Gasteiger partial charge in [-0.3, -0.25) is 20.2 Å². The van der Waals surface area contributed by atoms with E-state index >= 15 is 0 Å². The first-order valence-electron chi connectivity index (χ1n) is 5.61. The smallest absolute Gasteiger partial charge is 0.311 e. The summed E-state index contributed by atoms with van der Waals surface area (Å²) >= 11 is 5.66. The third-order valence-corrected chi connectivity index (χ3v) is 2.69. The summed E-state index contributed by atoms with van der Waals surface area (Å²) in [5, 5.41) is 21.5. The first kappa shape index (κ1) is 14.7. The summed E-state index contributed by atoms with van der Waals surface area (Å²) in [6.45, 7) is 1.73. The van der Waals surface area contributed by atoms with Crippen molar-refractivity contribution in [2.75, 3.05) is 0 Å². The molecule has 0 spiro atoms. The fourth-order valence-electron chi connectivity index (χ4n) is 1.58. The van der Waals surface area contributed by atoms with Gasteiger partial charge in [0.1, 0.15) is 5.15 Å². The van der Waals surface area contributed by atoms with Gasteiger partial charge in [0.25, 0.3) is 5.69 Å². The van der Waals surface area contributed by atoms with Gasteiger partial charge in [0.2, 0.25) is 11.6 Å². The number of hydrogen-bond donors (Lipinski definition) is 0. The van der Waals surface area contributed by atoms with E-state index in [0.29, 0.717) is 0 Å². The van der Waals surface area contributed by atoms with Crippen LogP contribution in [0.3, 0.4) is 0 Å². The Bertz CT molecular complexity index is 735. The fourth-order valence-corrected chi connectivity index (χ4v) is 1.78. The molecule has 0 aliphatic carbocycles. The highest BCUT2D eigenvalue weighted by molar-refractivity contribution is 6.29. The largest absolute Gasteiger partial charge is 0.431 e. The van der Waals surface area contributed by atoms with Crippen molar-refractivity contribution in [1.82, 2.24) is 4.98 Å². The van der Waals surface area contributed by atoms with Crippen molar-refractivity contribution in [2.45, 2.75) is 6.92 Å². The average Bonchev–Trinajstić information content (AvgIpc) is 2.37. The molecule has 0 bridgehead atoms. The second kappa shape index (κ2) is 5.71. The quantitative estimate of drug-likeness (QED) is 0.484. The van der Waals surface area contributed by atoms with E-state index in [4.69, 9.17) is 16.3 Å². The molecule has 9 heteroatoms. The number of halogens is 1. The molecule has 21 heavy (non-hydrogen) atoms. The highest BCUT2D eigenvalue weighted by atomic mass is 35.5. The molecule has 108 valence electrons. The van der Waals surface area contributed by atoms with Crippen LogP contribution in [0.25, 0.3) is 0 Å². The van der Waals surface area contributed by atoms with Crippen molar-refractivity contribution in [3.05, 3.63) is 61.3 Å². The Morgan fingerprint density at radius 1 is 1.14 bits per heavy atom. The van der Waals surface area contributed by atoms with Crippen LogP contribution in [0.5, 0.6) is 11.6 Å². The van der Waals surface area contributed by atoms with Crippen molar-refractivity contribution in [1.29, 1.82) is 0 Å². The molecule has 0 saturated carbocycles. The van der Waals surface area contributed by atoms with Gasteiger partial charge in [-0.2, -0.15) is 0 Å². The predicted molar refractivity (Wildman–Crippen MR) is 73.8 cm³/mol. The molecular formula is C12H8ClN3O5. The summed E-state index contributed by atoms with van der Waals surface area (Å²) in [5.74, 6) is -0.257. The van der Waals surface area contributed by atoms with Crippen LogP contribution >= 0.6 is 11.6 Å². The highest BCUT2D eigenvalue weighted by Crippen LogP contribution is 2.33. The summed E-state index contributed by atoms with van der Waals surface area (Å²) in [4.78, 5) is 24.2. The Balaban J connectivity index is 2.45. The number of rotatable bonds is 4. The highest BCUT2D eigenvalue weighted by Gasteiger charge is 2.18. The minimum absolute atomic E-state index is 0.0657. The third-order valence-electron chi connectivity index (χ3n) is 2.49. The van der Waals surface area contributed by atoms with Crippen LogP contribution in [0.1, 0.15) is 5.56 Å². The molecule has 1 aromatic heterocycles. The Morgan fingerprint density at radius 3 is 2.48 bits per heavy atom. The second-order valence-electron chi connectivity index (χ2n) is 4.07. The van der Waals surface area contributed by atoms with Crippen LogP contribution in [-0.2, 0) is 0 Å². The first-order valence-corrected chi connectivity index (χ1v) is 5.99. The first-order chi connectivity index (χ1) is 9.86. The van der Waals surface area contributed by atoms with Crippen LogP contribution in [0.4, 0.5) is 11.4 Å². The molecule has 2 aromatic rings. The number of aromatic nitrogens is 1. The normalized spacial score (nSPS) is 10.2. The van der Waals surface area contributed by atoms with E-state index < -0.39 is 9.85 Å². The maximum absolute atomic E-state index is 10.9. The van der Waals surface area contributed by atoms with E-state index in [1.165, 1.54) is 12.1 Å². The maximum atomic E-state index is 10.9. The van der Waals surface area contributed by atoms with Gasteiger partial charge in [-0.25, -0.2) is 4.98 Å². The van der Waals surface area contributed by atoms with Crippen molar-refractivity contribution >= 4 is 23.0 Å². The molecule has 2 rings (SSSR count). The van der Waals surface area contributed by atoms with Crippen molar-refractivity contribution in [2.24, 2.45) is 0 Å². The van der Waals surface area contributed by atoms with E-state index in [1.807, 2.05) is 0 Å². The van der Waals surface area contributed by atoms with Gasteiger partial charge in [0.05, 0.1) is 22.0 Å². The topological polar surface area (TPSA) is 108 Å². The molecule has 0 fully saturated rings. The minimum atomic E-state index is -0.662. The number of pyridine rings is 1. The molecular weight excluding hydrogens is 302 g/mol. The zero-order chi connectivity index (χ0) is 15.6. The lowest BCUT2D eigenvalue weighted by Gasteiger charge is -2.06. The number of nitro benzene ring substituents is 1. The van der Waals surface area contributed by atoms with Crippen molar-refractivity contribution in [3.63, 3.8) is 0 Å². The van der Waals surface area contributed by atoms with Gasteiger partial charge in [-0.15, -0.1) is 0 Å². The number of benzene rings is 1. The van der Waals surface area contributed by atoms with Gasteiger partial charge in [-0.1, -0.05) is 17.7 Å². The van der Waals surface area contributed by atoms with Gasteiger partial charge < -0.3 is 4.74 Å². The molecule has 0 N–H and O–H groups in total. The predicted octanol–water partition coefficient (Wildman–Crippen LogP) is 3.65. The molecule has 0 radical (unpaired) electrons. The van der Waals surface area contributed by atoms with Gasteiger partial charge in [-0.05, 0) is 18.6 Å². The SMILES string of the molecule is Cc1ccc([N+](=O)[O-])c(Oc2cc([N+](=O)[O-])cc(Cl)n2)c1. The van der Waals surface area contributed by atoms with E-state index in [1.54, 1.807) is 13.0 Å². The van der Waals surface area contributed by atoms with Crippen molar-refractivity contribution < 1.29 is 14.6 Å². The van der Waals surface area contributed by atoms with E-state index in [-0.39, 0.29) is 28.2 Å².